The average molecular weight is 418 g/mol. The van der Waals surface area contributed by atoms with Crippen LogP contribution in [0.2, 0.25) is 0 Å². The summed E-state index contributed by atoms with van der Waals surface area (Å²) in [5.41, 5.74) is 0.0200. The van der Waals surface area contributed by atoms with Gasteiger partial charge in [0, 0.05) is 18.8 Å². The van der Waals surface area contributed by atoms with E-state index in [9.17, 15) is 35.1 Å². The lowest BCUT2D eigenvalue weighted by Crippen LogP contribution is -2.61. The molecule has 5 N–H and O–H groups in total. The fourth-order valence-electron chi connectivity index (χ4n) is 4.31. The maximum atomic E-state index is 11.5. The molecule has 3 rings (SSSR count). The number of carbonyl (C=O) groups is 2. The SMILES string of the molecule is CC(=O)O[C@H]1[C@H](O)[C@@H](O)[C@H](O[C@@H]2OC=C(C(=O)O)[C@H]3C[C@H](O)[C@H](C)[C@@H]23)O[C@@H]1CO. The van der Waals surface area contributed by atoms with Crippen molar-refractivity contribution in [3.05, 3.63) is 11.8 Å². The van der Waals surface area contributed by atoms with Crippen LogP contribution in [0.15, 0.2) is 11.8 Å². The smallest absolute Gasteiger partial charge is 0.334 e. The van der Waals surface area contributed by atoms with Crippen LogP contribution in [-0.4, -0.2) is 87.2 Å². The van der Waals surface area contributed by atoms with E-state index in [1.165, 1.54) is 0 Å². The molecule has 11 heteroatoms. The zero-order chi connectivity index (χ0) is 21.5. The Balaban J connectivity index is 1.78. The highest BCUT2D eigenvalue weighted by atomic mass is 16.8. The molecule has 2 fully saturated rings. The van der Waals surface area contributed by atoms with Crippen molar-refractivity contribution >= 4 is 11.9 Å². The molecular weight excluding hydrogens is 392 g/mol. The first-order valence-corrected chi connectivity index (χ1v) is 9.37. The summed E-state index contributed by atoms with van der Waals surface area (Å²) in [5, 5.41) is 49.8. The van der Waals surface area contributed by atoms with Crippen LogP contribution in [0.5, 0.6) is 0 Å². The number of aliphatic hydroxyl groups excluding tert-OH is 4. The van der Waals surface area contributed by atoms with Crippen LogP contribution in [0.3, 0.4) is 0 Å². The fourth-order valence-corrected chi connectivity index (χ4v) is 4.31. The molecule has 1 aliphatic carbocycles. The zero-order valence-electron chi connectivity index (χ0n) is 16.0. The van der Waals surface area contributed by atoms with Crippen molar-refractivity contribution in [3.63, 3.8) is 0 Å². The number of rotatable bonds is 5. The molecule has 1 saturated heterocycles. The van der Waals surface area contributed by atoms with Gasteiger partial charge >= 0.3 is 11.9 Å². The number of ether oxygens (including phenoxy) is 4. The van der Waals surface area contributed by atoms with E-state index in [0.29, 0.717) is 0 Å². The van der Waals surface area contributed by atoms with E-state index in [1.54, 1.807) is 6.92 Å². The molecule has 3 aliphatic rings. The van der Waals surface area contributed by atoms with Crippen LogP contribution in [-0.2, 0) is 28.5 Å². The molecule has 0 unspecified atom stereocenters. The van der Waals surface area contributed by atoms with Crippen molar-refractivity contribution in [2.24, 2.45) is 17.8 Å². The molecule has 2 aliphatic heterocycles. The number of carboxylic acids is 1. The van der Waals surface area contributed by atoms with E-state index in [4.69, 9.17) is 18.9 Å². The molecule has 0 bridgehead atoms. The summed E-state index contributed by atoms with van der Waals surface area (Å²) in [5.74, 6) is -3.30. The Labute approximate surface area is 166 Å². The molecule has 0 aromatic carbocycles. The fraction of sp³-hybridized carbons (Fsp3) is 0.778. The van der Waals surface area contributed by atoms with Crippen LogP contribution >= 0.6 is 0 Å². The molecule has 0 spiro atoms. The van der Waals surface area contributed by atoms with E-state index in [1.807, 2.05) is 0 Å². The van der Waals surface area contributed by atoms with Gasteiger partial charge in [0.25, 0.3) is 0 Å². The van der Waals surface area contributed by atoms with E-state index >= 15 is 0 Å². The van der Waals surface area contributed by atoms with Gasteiger partial charge < -0.3 is 44.5 Å². The van der Waals surface area contributed by atoms with Crippen molar-refractivity contribution < 1.29 is 54.1 Å². The zero-order valence-corrected chi connectivity index (χ0v) is 16.0. The predicted molar refractivity (Wildman–Crippen MR) is 91.8 cm³/mol. The van der Waals surface area contributed by atoms with Crippen molar-refractivity contribution in [2.75, 3.05) is 6.61 Å². The summed E-state index contributed by atoms with van der Waals surface area (Å²) in [4.78, 5) is 22.7. The number of aliphatic hydroxyl groups is 4. The van der Waals surface area contributed by atoms with Crippen molar-refractivity contribution in [1.29, 1.82) is 0 Å². The van der Waals surface area contributed by atoms with E-state index in [0.717, 1.165) is 13.2 Å². The minimum atomic E-state index is -1.63. The van der Waals surface area contributed by atoms with Crippen LogP contribution in [0, 0.1) is 17.8 Å². The van der Waals surface area contributed by atoms with E-state index < -0.39 is 73.5 Å². The first-order chi connectivity index (χ1) is 13.6. The van der Waals surface area contributed by atoms with Crippen molar-refractivity contribution in [2.45, 2.75) is 63.4 Å². The van der Waals surface area contributed by atoms with E-state index in [2.05, 4.69) is 0 Å². The van der Waals surface area contributed by atoms with Crippen LogP contribution in [0.4, 0.5) is 0 Å². The summed E-state index contributed by atoms with van der Waals surface area (Å²) < 4.78 is 21.5. The first kappa shape index (κ1) is 21.9. The molecule has 164 valence electrons. The van der Waals surface area contributed by atoms with Crippen LogP contribution < -0.4 is 0 Å². The van der Waals surface area contributed by atoms with Crippen LogP contribution in [0.1, 0.15) is 20.3 Å². The maximum Gasteiger partial charge on any atom is 0.334 e. The normalized spacial score (nSPS) is 44.4. The molecule has 0 amide bonds. The molecule has 2 heterocycles. The Morgan fingerprint density at radius 2 is 1.90 bits per heavy atom. The number of carboxylic acid groups (broad SMARTS) is 1. The second-order valence-corrected chi connectivity index (χ2v) is 7.65. The lowest BCUT2D eigenvalue weighted by molar-refractivity contribution is -0.343. The van der Waals surface area contributed by atoms with Gasteiger partial charge in [0.05, 0.1) is 24.5 Å². The van der Waals surface area contributed by atoms with Gasteiger partial charge in [0.2, 0.25) is 6.29 Å². The largest absolute Gasteiger partial charge is 0.478 e. The van der Waals surface area contributed by atoms with Crippen molar-refractivity contribution in [1.82, 2.24) is 0 Å². The number of hydrogen-bond donors (Lipinski definition) is 5. The quantitative estimate of drug-likeness (QED) is 0.323. The number of esters is 1. The molecule has 0 radical (unpaired) electrons. The lowest BCUT2D eigenvalue weighted by Gasteiger charge is -2.43. The Bertz CT molecular complexity index is 662. The number of aliphatic carboxylic acids is 1. The van der Waals surface area contributed by atoms with Gasteiger partial charge in [-0.2, -0.15) is 0 Å². The standard InChI is InChI=1S/C18H26O11/c1-6-10(21)3-8-9(16(24)25)5-26-17(12(6)8)29-18-14(23)13(22)15(27-7(2)20)11(4-19)28-18/h5-6,8,10-15,17-19,21-23H,3-4H2,1-2H3,(H,24,25)/t6-,8+,10-,11+,12+,13+,14+,15+,17-,18-/m0/s1. The second-order valence-electron chi connectivity index (χ2n) is 7.65. The third-order valence-corrected chi connectivity index (χ3v) is 5.85. The average Bonchev–Trinajstić information content (AvgIpc) is 2.96. The first-order valence-electron chi connectivity index (χ1n) is 9.37. The summed E-state index contributed by atoms with van der Waals surface area (Å²) in [7, 11) is 0. The van der Waals surface area contributed by atoms with E-state index in [-0.39, 0.29) is 17.9 Å². The van der Waals surface area contributed by atoms with Crippen LogP contribution in [0.25, 0.3) is 0 Å². The van der Waals surface area contributed by atoms with Gasteiger partial charge in [-0.3, -0.25) is 4.79 Å². The third-order valence-electron chi connectivity index (χ3n) is 5.85. The molecule has 0 aromatic heterocycles. The monoisotopic (exact) mass is 418 g/mol. The predicted octanol–water partition coefficient (Wildman–Crippen LogP) is -1.67. The van der Waals surface area contributed by atoms with Gasteiger partial charge in [-0.15, -0.1) is 0 Å². The van der Waals surface area contributed by atoms with Gasteiger partial charge in [-0.1, -0.05) is 6.92 Å². The summed E-state index contributed by atoms with van der Waals surface area (Å²) >= 11 is 0. The second kappa shape index (κ2) is 8.54. The Kier molecular flexibility index (Phi) is 6.46. The lowest BCUT2D eigenvalue weighted by atomic mass is 9.83. The van der Waals surface area contributed by atoms with Crippen molar-refractivity contribution in [3.8, 4) is 0 Å². The maximum absolute atomic E-state index is 11.5. The van der Waals surface area contributed by atoms with Gasteiger partial charge in [-0.05, 0) is 12.3 Å². The molecule has 29 heavy (non-hydrogen) atoms. The Morgan fingerprint density at radius 1 is 1.21 bits per heavy atom. The highest BCUT2D eigenvalue weighted by molar-refractivity contribution is 5.87. The summed E-state index contributed by atoms with van der Waals surface area (Å²) in [6.07, 6.45) is -7.66. The minimum absolute atomic E-state index is 0.0200. The van der Waals surface area contributed by atoms with Gasteiger partial charge in [0.15, 0.2) is 12.4 Å². The number of fused-ring (bicyclic) bond motifs is 1. The third kappa shape index (κ3) is 4.11. The molecule has 0 aromatic rings. The molecule has 10 atom stereocenters. The van der Waals surface area contributed by atoms with Gasteiger partial charge in [0.1, 0.15) is 18.3 Å². The minimum Gasteiger partial charge on any atom is -0.478 e. The summed E-state index contributed by atoms with van der Waals surface area (Å²) in [6.45, 7) is 2.24. The Hall–Kier alpha value is -1.76. The number of carbonyl (C=O) groups excluding carboxylic acids is 1. The highest BCUT2D eigenvalue weighted by Gasteiger charge is 2.53. The Morgan fingerprint density at radius 3 is 2.48 bits per heavy atom. The van der Waals surface area contributed by atoms with Gasteiger partial charge in [-0.25, -0.2) is 4.79 Å². The summed E-state index contributed by atoms with van der Waals surface area (Å²) in [6, 6.07) is 0. The molecule has 11 nitrogen and oxygen atoms in total. The number of hydrogen-bond acceptors (Lipinski definition) is 10. The molecular formula is C18H26O11. The molecule has 1 saturated carbocycles. The topological polar surface area (TPSA) is 172 Å². The highest BCUT2D eigenvalue weighted by Crippen LogP contribution is 2.47.